The SMILES string of the molecule is Cc1ccc(S(=O)(=O)Nc2cc(C3C(=O)CC(C)(C)CC3=O)c(NS(=O)(=O)c3ccc(C)cc3C)c3ccccc23)c(C)c1. The van der Waals surface area contributed by atoms with Gasteiger partial charge in [0.1, 0.15) is 17.5 Å². The van der Waals surface area contributed by atoms with Gasteiger partial charge in [-0.15, -0.1) is 0 Å². The normalized spacial score (nSPS) is 15.9. The minimum absolute atomic E-state index is 0.0557. The van der Waals surface area contributed by atoms with E-state index in [9.17, 15) is 26.4 Å². The van der Waals surface area contributed by atoms with Crippen LogP contribution in [0.25, 0.3) is 10.8 Å². The Kier molecular flexibility index (Phi) is 7.97. The molecule has 4 aromatic carbocycles. The number of hydrogen-bond acceptors (Lipinski definition) is 6. The van der Waals surface area contributed by atoms with Gasteiger partial charge in [-0.05, 0) is 68.0 Å². The second kappa shape index (κ2) is 11.2. The van der Waals surface area contributed by atoms with Crippen molar-refractivity contribution in [2.24, 2.45) is 5.41 Å². The number of ketones is 2. The van der Waals surface area contributed by atoms with Gasteiger partial charge in [0.2, 0.25) is 0 Å². The van der Waals surface area contributed by atoms with Crippen molar-refractivity contribution in [3.05, 3.63) is 94.5 Å². The highest BCUT2D eigenvalue weighted by molar-refractivity contribution is 7.93. The van der Waals surface area contributed by atoms with Gasteiger partial charge in [0.25, 0.3) is 20.0 Å². The van der Waals surface area contributed by atoms with E-state index in [0.717, 1.165) is 11.1 Å². The molecule has 230 valence electrons. The molecule has 0 spiro atoms. The summed E-state index contributed by atoms with van der Waals surface area (Å²) in [6, 6.07) is 18.1. The number of fused-ring (bicyclic) bond motifs is 1. The second-order valence-electron chi connectivity index (χ2n) is 12.6. The number of hydrogen-bond donors (Lipinski definition) is 2. The number of anilines is 2. The fourth-order valence-corrected chi connectivity index (χ4v) is 8.78. The number of nitrogens with one attached hydrogen (secondary N) is 2. The first kappa shape index (κ1) is 31.4. The number of sulfonamides is 2. The summed E-state index contributed by atoms with van der Waals surface area (Å²) in [6.07, 6.45) is 0.228. The highest BCUT2D eigenvalue weighted by atomic mass is 32.2. The molecule has 10 heteroatoms. The standard InChI is InChI=1S/C34H36N2O6S2/c1-20-11-13-30(22(3)15-20)43(39,40)35-27-17-26(32-28(37)18-34(5,6)19-29(32)38)33(25-10-8-7-9-24(25)27)36-44(41,42)31-14-12-21(2)16-23(31)4/h7-17,32,35-36H,18-19H2,1-6H3. The third kappa shape index (κ3) is 6.01. The Labute approximate surface area is 259 Å². The van der Waals surface area contributed by atoms with Crippen molar-refractivity contribution in [1.29, 1.82) is 0 Å². The van der Waals surface area contributed by atoms with Crippen LogP contribution in [0, 0.1) is 33.1 Å². The quantitative estimate of drug-likeness (QED) is 0.218. The van der Waals surface area contributed by atoms with Crippen LogP contribution in [0.5, 0.6) is 0 Å². The smallest absolute Gasteiger partial charge is 0.262 e. The Hall–Kier alpha value is -4.02. The Morgan fingerprint density at radius 1 is 0.659 bits per heavy atom. The minimum Gasteiger partial charge on any atom is -0.298 e. The van der Waals surface area contributed by atoms with Crippen molar-refractivity contribution in [1.82, 2.24) is 0 Å². The van der Waals surface area contributed by atoms with E-state index < -0.39 is 31.4 Å². The second-order valence-corrected chi connectivity index (χ2v) is 15.9. The van der Waals surface area contributed by atoms with Gasteiger partial charge >= 0.3 is 0 Å². The van der Waals surface area contributed by atoms with Crippen LogP contribution in [0.15, 0.2) is 76.5 Å². The molecule has 0 heterocycles. The number of Topliss-reactive ketones (excluding diaryl/α,β-unsaturated/α-hetero) is 2. The maximum absolute atomic E-state index is 13.8. The van der Waals surface area contributed by atoms with Gasteiger partial charge < -0.3 is 0 Å². The van der Waals surface area contributed by atoms with Crippen LogP contribution >= 0.6 is 0 Å². The van der Waals surface area contributed by atoms with Crippen LogP contribution in [0.2, 0.25) is 0 Å². The summed E-state index contributed by atoms with van der Waals surface area (Å²) < 4.78 is 60.4. The molecule has 4 aromatic rings. The number of benzene rings is 4. The molecule has 0 aromatic heterocycles. The predicted octanol–water partition coefficient (Wildman–Crippen LogP) is 6.72. The predicted molar refractivity (Wildman–Crippen MR) is 173 cm³/mol. The van der Waals surface area contributed by atoms with Gasteiger partial charge in [-0.3, -0.25) is 19.0 Å². The largest absolute Gasteiger partial charge is 0.298 e. The van der Waals surface area contributed by atoms with Crippen LogP contribution in [0.3, 0.4) is 0 Å². The molecule has 0 radical (unpaired) electrons. The molecule has 0 amide bonds. The molecule has 0 saturated heterocycles. The van der Waals surface area contributed by atoms with Gasteiger partial charge in [0.05, 0.1) is 21.2 Å². The topological polar surface area (TPSA) is 126 Å². The molecule has 2 N–H and O–H groups in total. The van der Waals surface area contributed by atoms with E-state index in [2.05, 4.69) is 9.44 Å². The van der Waals surface area contributed by atoms with E-state index in [1.165, 1.54) is 18.2 Å². The number of aryl methyl sites for hydroxylation is 4. The van der Waals surface area contributed by atoms with Crippen LogP contribution in [0.4, 0.5) is 11.4 Å². The van der Waals surface area contributed by atoms with E-state index in [1.807, 2.05) is 27.7 Å². The van der Waals surface area contributed by atoms with Crippen molar-refractivity contribution in [2.45, 2.75) is 70.1 Å². The number of carbonyl (C=O) groups is 2. The van der Waals surface area contributed by atoms with Gasteiger partial charge in [0, 0.05) is 23.6 Å². The molecule has 0 unspecified atom stereocenters. The fraction of sp³-hybridized carbons (Fsp3) is 0.294. The van der Waals surface area contributed by atoms with E-state index in [1.54, 1.807) is 62.4 Å². The lowest BCUT2D eigenvalue weighted by Crippen LogP contribution is -2.36. The zero-order chi connectivity index (χ0) is 32.2. The Bertz CT molecular complexity index is 2050. The maximum Gasteiger partial charge on any atom is 0.262 e. The van der Waals surface area contributed by atoms with Crippen LogP contribution < -0.4 is 9.44 Å². The lowest BCUT2D eigenvalue weighted by atomic mass is 9.69. The maximum atomic E-state index is 13.8. The van der Waals surface area contributed by atoms with Crippen molar-refractivity contribution in [3.8, 4) is 0 Å². The van der Waals surface area contributed by atoms with Crippen molar-refractivity contribution in [3.63, 3.8) is 0 Å². The highest BCUT2D eigenvalue weighted by Crippen LogP contribution is 2.45. The third-order valence-electron chi connectivity index (χ3n) is 8.06. The first-order chi connectivity index (χ1) is 20.5. The number of rotatable bonds is 7. The molecular formula is C34H36N2O6S2. The van der Waals surface area contributed by atoms with Crippen molar-refractivity contribution in [2.75, 3.05) is 9.44 Å². The van der Waals surface area contributed by atoms with Gasteiger partial charge in [-0.2, -0.15) is 0 Å². The van der Waals surface area contributed by atoms with E-state index >= 15 is 0 Å². The van der Waals surface area contributed by atoms with Crippen molar-refractivity contribution < 1.29 is 26.4 Å². The fourth-order valence-electron chi connectivity index (χ4n) is 6.15. The lowest BCUT2D eigenvalue weighted by Gasteiger charge is -2.33. The summed E-state index contributed by atoms with van der Waals surface area (Å²) in [5, 5.41) is 0.751. The third-order valence-corrected chi connectivity index (χ3v) is 11.1. The van der Waals surface area contributed by atoms with E-state index in [-0.39, 0.29) is 51.1 Å². The molecule has 0 aliphatic heterocycles. The molecule has 0 bridgehead atoms. The zero-order valence-electron chi connectivity index (χ0n) is 25.6. The molecule has 44 heavy (non-hydrogen) atoms. The Balaban J connectivity index is 1.75. The minimum atomic E-state index is -4.18. The average Bonchev–Trinajstić information content (AvgIpc) is 2.88. The molecule has 1 aliphatic carbocycles. The average molecular weight is 633 g/mol. The van der Waals surface area contributed by atoms with Crippen LogP contribution in [-0.2, 0) is 29.6 Å². The van der Waals surface area contributed by atoms with E-state index in [4.69, 9.17) is 0 Å². The molecule has 1 aliphatic rings. The first-order valence-corrected chi connectivity index (χ1v) is 17.3. The Morgan fingerprint density at radius 2 is 1.14 bits per heavy atom. The summed E-state index contributed by atoms with van der Waals surface area (Å²) in [5.41, 5.74) is 2.67. The monoisotopic (exact) mass is 632 g/mol. The molecule has 8 nitrogen and oxygen atoms in total. The first-order valence-electron chi connectivity index (χ1n) is 14.3. The molecule has 1 saturated carbocycles. The zero-order valence-corrected chi connectivity index (χ0v) is 27.2. The molecular weight excluding hydrogens is 597 g/mol. The highest BCUT2D eigenvalue weighted by Gasteiger charge is 2.42. The van der Waals surface area contributed by atoms with Gasteiger partial charge in [-0.1, -0.05) is 73.5 Å². The summed E-state index contributed by atoms with van der Waals surface area (Å²) in [5.74, 6) is -1.97. The van der Waals surface area contributed by atoms with Crippen LogP contribution in [0.1, 0.15) is 60.4 Å². The van der Waals surface area contributed by atoms with Crippen LogP contribution in [-0.4, -0.2) is 28.4 Å². The summed E-state index contributed by atoms with van der Waals surface area (Å²) in [4.78, 5) is 27.3. The van der Waals surface area contributed by atoms with E-state index in [0.29, 0.717) is 21.9 Å². The molecule has 5 rings (SSSR count). The summed E-state index contributed by atoms with van der Waals surface area (Å²) in [7, 11) is -8.29. The number of carbonyl (C=O) groups excluding carboxylic acids is 2. The summed E-state index contributed by atoms with van der Waals surface area (Å²) in [6.45, 7) is 10.8. The Morgan fingerprint density at radius 3 is 1.64 bits per heavy atom. The van der Waals surface area contributed by atoms with Gasteiger partial charge in [0.15, 0.2) is 0 Å². The van der Waals surface area contributed by atoms with Crippen molar-refractivity contribution >= 4 is 53.8 Å². The lowest BCUT2D eigenvalue weighted by molar-refractivity contribution is -0.135. The van der Waals surface area contributed by atoms with Gasteiger partial charge in [-0.25, -0.2) is 16.8 Å². The molecule has 1 fully saturated rings. The summed E-state index contributed by atoms with van der Waals surface area (Å²) >= 11 is 0. The molecule has 0 atom stereocenters.